The molecule has 1 amide bonds. The number of thiophene rings is 1. The number of carbonyl (C=O) groups is 1. The van der Waals surface area contributed by atoms with E-state index in [1.54, 1.807) is 23.3 Å². The van der Waals surface area contributed by atoms with Crippen LogP contribution in [0.25, 0.3) is 10.7 Å². The largest absolute Gasteiger partial charge is 0.486 e. The van der Waals surface area contributed by atoms with Crippen molar-refractivity contribution in [1.82, 2.24) is 19.7 Å². The fourth-order valence-corrected chi connectivity index (χ4v) is 5.06. The highest BCUT2D eigenvalue weighted by atomic mass is 32.2. The van der Waals surface area contributed by atoms with Crippen LogP contribution in [0, 0.1) is 0 Å². The fraction of sp³-hybridized carbons (Fsp3) is 0.381. The van der Waals surface area contributed by atoms with Crippen molar-refractivity contribution >= 4 is 29.0 Å². The maximum Gasteiger partial charge on any atom is 0.232 e. The van der Waals surface area contributed by atoms with Gasteiger partial charge in [-0.05, 0) is 36.4 Å². The Bertz CT molecular complexity index is 1030. The Morgan fingerprint density at radius 3 is 2.83 bits per heavy atom. The average Bonchev–Trinajstić information content (AvgIpc) is 3.28. The first-order valence-electron chi connectivity index (χ1n) is 9.93. The average molecular weight is 443 g/mol. The second-order valence-corrected chi connectivity index (χ2v) is 9.34. The van der Waals surface area contributed by atoms with E-state index in [2.05, 4.69) is 20.8 Å². The summed E-state index contributed by atoms with van der Waals surface area (Å²) >= 11 is 3.11. The molecule has 1 atom stereocenters. The van der Waals surface area contributed by atoms with Crippen LogP contribution in [0.1, 0.15) is 18.9 Å². The number of hydrogen-bond acceptors (Lipinski definition) is 7. The van der Waals surface area contributed by atoms with Gasteiger partial charge in [0.05, 0.1) is 17.2 Å². The minimum atomic E-state index is -0.181. The first-order chi connectivity index (χ1) is 14.7. The zero-order valence-electron chi connectivity index (χ0n) is 16.6. The van der Waals surface area contributed by atoms with Crippen LogP contribution in [0.5, 0.6) is 11.5 Å². The van der Waals surface area contributed by atoms with Gasteiger partial charge in [-0.1, -0.05) is 30.0 Å². The van der Waals surface area contributed by atoms with Crippen LogP contribution in [0.15, 0.2) is 46.9 Å². The van der Waals surface area contributed by atoms with Gasteiger partial charge >= 0.3 is 0 Å². The highest BCUT2D eigenvalue weighted by molar-refractivity contribution is 7.99. The molecule has 2 aliphatic rings. The molecule has 156 valence electrons. The number of amides is 1. The van der Waals surface area contributed by atoms with Crippen LogP contribution >= 0.6 is 23.1 Å². The van der Waals surface area contributed by atoms with Gasteiger partial charge in [-0.15, -0.1) is 21.5 Å². The third-order valence-corrected chi connectivity index (χ3v) is 6.91. The summed E-state index contributed by atoms with van der Waals surface area (Å²) in [6, 6.07) is 12.1. The molecule has 9 heteroatoms. The monoisotopic (exact) mass is 442 g/mol. The van der Waals surface area contributed by atoms with Crippen molar-refractivity contribution < 1.29 is 14.3 Å². The molecule has 0 spiro atoms. The Morgan fingerprint density at radius 1 is 1.23 bits per heavy atom. The van der Waals surface area contributed by atoms with Crippen molar-refractivity contribution in [1.29, 1.82) is 0 Å². The van der Waals surface area contributed by atoms with Gasteiger partial charge in [0.2, 0.25) is 5.91 Å². The quantitative estimate of drug-likeness (QED) is 0.520. The van der Waals surface area contributed by atoms with Crippen LogP contribution in [-0.2, 0) is 4.79 Å². The smallest absolute Gasteiger partial charge is 0.232 e. The highest BCUT2D eigenvalue weighted by Crippen LogP contribution is 2.41. The molecule has 1 aliphatic heterocycles. The van der Waals surface area contributed by atoms with Crippen LogP contribution in [0.3, 0.4) is 0 Å². The number of carbonyl (C=O) groups excluding carboxylic acids is 1. The molecule has 0 saturated heterocycles. The predicted molar refractivity (Wildman–Crippen MR) is 116 cm³/mol. The Hall–Kier alpha value is -2.52. The molecule has 0 radical (unpaired) electrons. The Labute approximate surface area is 183 Å². The number of rotatable bonds is 7. The fourth-order valence-electron chi connectivity index (χ4n) is 3.41. The van der Waals surface area contributed by atoms with Gasteiger partial charge in [0.1, 0.15) is 6.61 Å². The molecular formula is C21H22N4O3S2. The maximum absolute atomic E-state index is 12.7. The van der Waals surface area contributed by atoms with Crippen LogP contribution in [0.2, 0.25) is 0 Å². The minimum Gasteiger partial charge on any atom is -0.486 e. The lowest BCUT2D eigenvalue weighted by atomic mass is 10.2. The Kier molecular flexibility index (Phi) is 5.39. The van der Waals surface area contributed by atoms with Gasteiger partial charge in [-0.3, -0.25) is 9.36 Å². The predicted octanol–water partition coefficient (Wildman–Crippen LogP) is 3.73. The number of hydrogen-bond donors (Lipinski definition) is 0. The summed E-state index contributed by atoms with van der Waals surface area (Å²) in [5.74, 6) is 2.73. The number of thioether (sulfide) groups is 1. The number of nitrogens with zero attached hydrogens (tertiary/aromatic N) is 4. The second-order valence-electron chi connectivity index (χ2n) is 7.45. The summed E-state index contributed by atoms with van der Waals surface area (Å²) in [5.41, 5.74) is 0. The van der Waals surface area contributed by atoms with Gasteiger partial charge in [0.15, 0.2) is 28.6 Å². The topological polar surface area (TPSA) is 69.5 Å². The molecule has 0 bridgehead atoms. The lowest BCUT2D eigenvalue weighted by molar-refractivity contribution is -0.128. The molecule has 1 aliphatic carbocycles. The molecule has 0 N–H and O–H groups in total. The molecule has 3 heterocycles. The second kappa shape index (κ2) is 8.31. The number of para-hydroxylation sites is 2. The summed E-state index contributed by atoms with van der Waals surface area (Å²) in [4.78, 5) is 15.5. The van der Waals surface area contributed by atoms with Crippen molar-refractivity contribution in [2.75, 3.05) is 26.0 Å². The summed E-state index contributed by atoms with van der Waals surface area (Å²) in [5, 5.41) is 11.6. The van der Waals surface area contributed by atoms with E-state index < -0.39 is 0 Å². The lowest BCUT2D eigenvalue weighted by Gasteiger charge is -2.29. The number of benzene rings is 1. The van der Waals surface area contributed by atoms with Crippen molar-refractivity contribution in [3.63, 3.8) is 0 Å². The van der Waals surface area contributed by atoms with E-state index in [1.807, 2.05) is 35.7 Å². The van der Waals surface area contributed by atoms with Gasteiger partial charge in [0.25, 0.3) is 0 Å². The SMILES string of the molecule is CN(C[C@H]1COc2ccccc2O1)C(=O)CSc1nnc(-c2cccs2)n1C1CC1. The van der Waals surface area contributed by atoms with Crippen molar-refractivity contribution in [3.05, 3.63) is 41.8 Å². The molecule has 0 unspecified atom stereocenters. The molecule has 7 nitrogen and oxygen atoms in total. The normalized spacial score (nSPS) is 17.7. The molecule has 30 heavy (non-hydrogen) atoms. The van der Waals surface area contributed by atoms with Gasteiger partial charge in [-0.2, -0.15) is 0 Å². The van der Waals surface area contributed by atoms with Crippen LogP contribution < -0.4 is 9.47 Å². The summed E-state index contributed by atoms with van der Waals surface area (Å²) in [7, 11) is 1.80. The van der Waals surface area contributed by atoms with E-state index in [4.69, 9.17) is 9.47 Å². The van der Waals surface area contributed by atoms with Crippen LogP contribution in [-0.4, -0.2) is 57.6 Å². The zero-order chi connectivity index (χ0) is 20.5. The highest BCUT2D eigenvalue weighted by Gasteiger charge is 2.31. The van der Waals surface area contributed by atoms with E-state index in [0.717, 1.165) is 40.2 Å². The Morgan fingerprint density at radius 2 is 2.07 bits per heavy atom. The number of aromatic nitrogens is 3. The molecule has 1 fully saturated rings. The minimum absolute atomic E-state index is 0.0329. The van der Waals surface area contributed by atoms with Gasteiger partial charge < -0.3 is 14.4 Å². The molecule has 3 aromatic rings. The molecule has 5 rings (SSSR count). The molecule has 1 aromatic carbocycles. The third kappa shape index (κ3) is 4.04. The van der Waals surface area contributed by atoms with E-state index in [1.165, 1.54) is 11.8 Å². The maximum atomic E-state index is 12.7. The van der Waals surface area contributed by atoms with E-state index in [9.17, 15) is 4.79 Å². The van der Waals surface area contributed by atoms with Gasteiger partial charge in [-0.25, -0.2) is 0 Å². The van der Waals surface area contributed by atoms with Crippen LogP contribution in [0.4, 0.5) is 0 Å². The number of fused-ring (bicyclic) bond motifs is 1. The summed E-state index contributed by atoms with van der Waals surface area (Å²) in [6.07, 6.45) is 2.09. The van der Waals surface area contributed by atoms with E-state index in [-0.39, 0.29) is 12.0 Å². The third-order valence-electron chi connectivity index (χ3n) is 5.11. The Balaban J connectivity index is 1.20. The first kappa shape index (κ1) is 19.4. The molecular weight excluding hydrogens is 420 g/mol. The lowest BCUT2D eigenvalue weighted by Crippen LogP contribution is -2.42. The summed E-state index contributed by atoms with van der Waals surface area (Å²) < 4.78 is 13.9. The number of likely N-dealkylation sites (N-methyl/N-ethyl adjacent to an activating group) is 1. The molecule has 1 saturated carbocycles. The first-order valence-corrected chi connectivity index (χ1v) is 11.8. The standard InChI is InChI=1S/C21H22N4O3S2/c1-24(11-15-12-27-16-5-2-3-6-17(16)28-15)19(26)13-30-21-23-22-20(18-7-4-10-29-18)25(21)14-8-9-14/h2-7,10,14-15H,8-9,11-13H2,1H3/t15-/m0/s1. The van der Waals surface area contributed by atoms with Crippen molar-refractivity contribution in [2.24, 2.45) is 0 Å². The van der Waals surface area contributed by atoms with Crippen molar-refractivity contribution in [2.45, 2.75) is 30.1 Å². The molecule has 2 aromatic heterocycles. The van der Waals surface area contributed by atoms with E-state index >= 15 is 0 Å². The van der Waals surface area contributed by atoms with Crippen molar-refractivity contribution in [3.8, 4) is 22.2 Å². The summed E-state index contributed by atoms with van der Waals surface area (Å²) in [6.45, 7) is 0.908. The number of ether oxygens (including phenoxy) is 2. The van der Waals surface area contributed by atoms with E-state index in [0.29, 0.717) is 24.9 Å². The zero-order valence-corrected chi connectivity index (χ0v) is 18.2. The van der Waals surface area contributed by atoms with Gasteiger partial charge in [0, 0.05) is 13.1 Å².